The van der Waals surface area contributed by atoms with Gasteiger partial charge in [0.05, 0.1) is 10.6 Å². The highest BCUT2D eigenvalue weighted by molar-refractivity contribution is 6.30. The minimum Gasteiger partial charge on any atom is -0.478 e. The molecule has 1 aromatic heterocycles. The van der Waals surface area contributed by atoms with Crippen molar-refractivity contribution in [2.45, 2.75) is 0 Å². The van der Waals surface area contributed by atoms with Gasteiger partial charge in [0.2, 0.25) is 0 Å². The number of aromatic nitrogens is 1. The van der Waals surface area contributed by atoms with E-state index in [4.69, 9.17) is 16.7 Å². The molecule has 0 radical (unpaired) electrons. The molecule has 1 aromatic carbocycles. The Morgan fingerprint density at radius 3 is 2.70 bits per heavy atom. The molecule has 2 N–H and O–H groups in total. The van der Waals surface area contributed by atoms with Crippen molar-refractivity contribution in [3.63, 3.8) is 0 Å². The third-order valence-corrected chi connectivity index (χ3v) is 2.74. The molecule has 5 nitrogen and oxygen atoms in total. The lowest BCUT2D eigenvalue weighted by molar-refractivity contribution is 0.0691. The lowest BCUT2D eigenvalue weighted by atomic mass is 10.2. The highest BCUT2D eigenvalue weighted by Crippen LogP contribution is 2.19. The smallest absolute Gasteiger partial charge is 0.338 e. The first-order valence-electron chi connectivity index (χ1n) is 5.44. The average Bonchev–Trinajstić information content (AvgIpc) is 2.43. The molecule has 7 heteroatoms. The van der Waals surface area contributed by atoms with Gasteiger partial charge in [-0.15, -0.1) is 0 Å². The second-order valence-corrected chi connectivity index (χ2v) is 4.19. The van der Waals surface area contributed by atoms with E-state index in [1.165, 1.54) is 30.5 Å². The molecule has 0 spiro atoms. The number of anilines is 1. The number of carbonyl (C=O) groups is 2. The van der Waals surface area contributed by atoms with Crippen LogP contribution in [-0.2, 0) is 0 Å². The van der Waals surface area contributed by atoms with Crippen LogP contribution < -0.4 is 5.32 Å². The Labute approximate surface area is 118 Å². The average molecular weight is 295 g/mol. The van der Waals surface area contributed by atoms with E-state index in [1.54, 1.807) is 0 Å². The van der Waals surface area contributed by atoms with Crippen LogP contribution in [0.2, 0.25) is 5.02 Å². The van der Waals surface area contributed by atoms with E-state index < -0.39 is 17.7 Å². The van der Waals surface area contributed by atoms with Crippen LogP contribution in [0.3, 0.4) is 0 Å². The largest absolute Gasteiger partial charge is 0.478 e. The first kappa shape index (κ1) is 14.0. The number of halogens is 2. The van der Waals surface area contributed by atoms with Crippen LogP contribution in [0.5, 0.6) is 0 Å². The van der Waals surface area contributed by atoms with Crippen LogP contribution >= 0.6 is 11.6 Å². The van der Waals surface area contributed by atoms with Crippen LogP contribution in [-0.4, -0.2) is 22.0 Å². The summed E-state index contributed by atoms with van der Waals surface area (Å²) in [6.45, 7) is 0. The highest BCUT2D eigenvalue weighted by atomic mass is 35.5. The lowest BCUT2D eigenvalue weighted by Crippen LogP contribution is -2.18. The van der Waals surface area contributed by atoms with Crippen molar-refractivity contribution in [1.82, 2.24) is 4.98 Å². The van der Waals surface area contributed by atoms with Gasteiger partial charge < -0.3 is 10.4 Å². The number of nitrogens with one attached hydrogen (secondary N) is 1. The molecule has 102 valence electrons. The minimum absolute atomic E-state index is 0.0768. The number of nitrogens with zero attached hydrogens (tertiary/aromatic N) is 1. The third kappa shape index (κ3) is 2.92. The van der Waals surface area contributed by atoms with E-state index >= 15 is 0 Å². The highest BCUT2D eigenvalue weighted by Gasteiger charge is 2.17. The van der Waals surface area contributed by atoms with E-state index in [1.807, 2.05) is 0 Å². The predicted molar refractivity (Wildman–Crippen MR) is 70.6 cm³/mol. The standard InChI is InChI=1S/C13H8ClFN2O3/c14-9-4-3-7(6-10(9)15)17-12(18)11-8(13(19)20)2-1-5-16-11/h1-6H,(H,17,18)(H,19,20). The molecular formula is C13H8ClFN2O3. The Morgan fingerprint density at radius 1 is 1.30 bits per heavy atom. The van der Waals surface area contributed by atoms with Gasteiger partial charge in [-0.05, 0) is 30.3 Å². The third-order valence-electron chi connectivity index (χ3n) is 2.43. The zero-order valence-electron chi connectivity index (χ0n) is 9.93. The number of hydrogen-bond donors (Lipinski definition) is 2. The quantitative estimate of drug-likeness (QED) is 0.912. The zero-order valence-corrected chi connectivity index (χ0v) is 10.7. The van der Waals surface area contributed by atoms with Gasteiger partial charge in [-0.3, -0.25) is 9.78 Å². The Morgan fingerprint density at radius 2 is 2.05 bits per heavy atom. The fourth-order valence-corrected chi connectivity index (χ4v) is 1.64. The molecule has 2 rings (SSSR count). The van der Waals surface area contributed by atoms with Crippen molar-refractivity contribution in [3.05, 3.63) is 58.6 Å². The van der Waals surface area contributed by atoms with Crippen LogP contribution in [0.15, 0.2) is 36.5 Å². The van der Waals surface area contributed by atoms with E-state index in [-0.39, 0.29) is 22.0 Å². The molecule has 1 amide bonds. The van der Waals surface area contributed by atoms with Gasteiger partial charge in [0.25, 0.3) is 5.91 Å². The maximum atomic E-state index is 13.2. The number of pyridine rings is 1. The maximum Gasteiger partial charge on any atom is 0.338 e. The van der Waals surface area contributed by atoms with Gasteiger partial charge in [0.15, 0.2) is 0 Å². The van der Waals surface area contributed by atoms with E-state index in [9.17, 15) is 14.0 Å². The fraction of sp³-hybridized carbons (Fsp3) is 0. The summed E-state index contributed by atoms with van der Waals surface area (Å²) in [5.41, 5.74) is -0.339. The Kier molecular flexibility index (Phi) is 3.95. The van der Waals surface area contributed by atoms with Gasteiger partial charge in [-0.1, -0.05) is 11.6 Å². The van der Waals surface area contributed by atoms with Crippen LogP contribution in [0.4, 0.5) is 10.1 Å². The zero-order chi connectivity index (χ0) is 14.7. The molecule has 1 heterocycles. The number of amides is 1. The second-order valence-electron chi connectivity index (χ2n) is 3.79. The summed E-state index contributed by atoms with van der Waals surface area (Å²) < 4.78 is 13.2. The molecule has 20 heavy (non-hydrogen) atoms. The Balaban J connectivity index is 2.28. The summed E-state index contributed by atoms with van der Waals surface area (Å²) in [7, 11) is 0. The number of carboxylic acid groups (broad SMARTS) is 1. The van der Waals surface area contributed by atoms with Gasteiger partial charge in [-0.2, -0.15) is 0 Å². The Hall–Kier alpha value is -2.47. The minimum atomic E-state index is -1.27. The first-order chi connectivity index (χ1) is 9.49. The van der Waals surface area contributed by atoms with Crippen molar-refractivity contribution < 1.29 is 19.1 Å². The summed E-state index contributed by atoms with van der Waals surface area (Å²) in [6.07, 6.45) is 1.30. The molecule has 0 bridgehead atoms. The fourth-order valence-electron chi connectivity index (χ4n) is 1.52. The molecule has 0 aliphatic carbocycles. The van der Waals surface area contributed by atoms with Crippen molar-refractivity contribution >= 4 is 29.2 Å². The van der Waals surface area contributed by atoms with Crippen LogP contribution in [0.1, 0.15) is 20.8 Å². The molecule has 0 atom stereocenters. The summed E-state index contributed by atoms with van der Waals surface area (Å²) in [5, 5.41) is 11.2. The van der Waals surface area contributed by atoms with Gasteiger partial charge in [0.1, 0.15) is 11.5 Å². The summed E-state index contributed by atoms with van der Waals surface area (Å²) in [4.78, 5) is 26.6. The molecule has 0 aliphatic rings. The molecule has 0 fully saturated rings. The monoisotopic (exact) mass is 294 g/mol. The summed E-state index contributed by atoms with van der Waals surface area (Å²) in [6, 6.07) is 6.37. The normalized spacial score (nSPS) is 10.1. The second kappa shape index (κ2) is 5.66. The maximum absolute atomic E-state index is 13.2. The van der Waals surface area contributed by atoms with Crippen LogP contribution in [0.25, 0.3) is 0 Å². The molecular weight excluding hydrogens is 287 g/mol. The van der Waals surface area contributed by atoms with Crippen molar-refractivity contribution in [2.24, 2.45) is 0 Å². The van der Waals surface area contributed by atoms with Crippen molar-refractivity contribution in [1.29, 1.82) is 0 Å². The number of rotatable bonds is 3. The molecule has 0 unspecified atom stereocenters. The topological polar surface area (TPSA) is 79.3 Å². The SMILES string of the molecule is O=C(O)c1cccnc1C(=O)Nc1ccc(Cl)c(F)c1. The molecule has 0 aliphatic heterocycles. The summed E-state index contributed by atoms with van der Waals surface area (Å²) in [5.74, 6) is -2.71. The van der Waals surface area contributed by atoms with E-state index in [0.717, 1.165) is 6.07 Å². The van der Waals surface area contributed by atoms with Crippen molar-refractivity contribution in [3.8, 4) is 0 Å². The Bertz CT molecular complexity index is 691. The van der Waals surface area contributed by atoms with Gasteiger partial charge >= 0.3 is 5.97 Å². The lowest BCUT2D eigenvalue weighted by Gasteiger charge is -2.07. The van der Waals surface area contributed by atoms with Crippen molar-refractivity contribution in [2.75, 3.05) is 5.32 Å². The van der Waals surface area contributed by atoms with Gasteiger partial charge in [0, 0.05) is 11.9 Å². The number of hydrogen-bond acceptors (Lipinski definition) is 3. The first-order valence-corrected chi connectivity index (χ1v) is 5.81. The molecule has 0 saturated heterocycles. The number of carboxylic acids is 1. The number of benzene rings is 1. The van der Waals surface area contributed by atoms with Gasteiger partial charge in [-0.25, -0.2) is 9.18 Å². The predicted octanol–water partition coefficient (Wildman–Crippen LogP) is 2.82. The number of aromatic carboxylic acids is 1. The molecule has 2 aromatic rings. The summed E-state index contributed by atoms with van der Waals surface area (Å²) >= 11 is 5.52. The molecule has 0 saturated carbocycles. The van der Waals surface area contributed by atoms with E-state index in [0.29, 0.717) is 0 Å². The van der Waals surface area contributed by atoms with Crippen LogP contribution in [0, 0.1) is 5.82 Å². The van der Waals surface area contributed by atoms with E-state index in [2.05, 4.69) is 10.3 Å². The number of carbonyl (C=O) groups excluding carboxylic acids is 1.